The summed E-state index contributed by atoms with van der Waals surface area (Å²) >= 11 is 0. The lowest BCUT2D eigenvalue weighted by Crippen LogP contribution is -2.64. The van der Waals surface area contributed by atoms with Crippen molar-refractivity contribution in [3.8, 4) is 0 Å². The lowest BCUT2D eigenvalue weighted by atomic mass is 9.94. The number of hydrogen-bond donors (Lipinski definition) is 0. The van der Waals surface area contributed by atoms with Gasteiger partial charge in [0.25, 0.3) is 0 Å². The van der Waals surface area contributed by atoms with E-state index in [0.717, 1.165) is 33.2 Å². The highest BCUT2D eigenvalue weighted by molar-refractivity contribution is 6.76. The maximum Gasteiger partial charge on any atom is 0.303 e. The van der Waals surface area contributed by atoms with Crippen LogP contribution < -0.4 is 0 Å². The molecule has 8 nitrogen and oxygen atoms in total. The fourth-order valence-electron chi connectivity index (χ4n) is 5.25. The molecule has 0 amide bonds. The topological polar surface area (TPSA) is 89.5 Å². The molecule has 9 heteroatoms. The Kier molecular flexibility index (Phi) is 8.07. The van der Waals surface area contributed by atoms with Crippen LogP contribution in [0, 0.1) is 0 Å². The zero-order valence-corrected chi connectivity index (χ0v) is 24.0. The van der Waals surface area contributed by atoms with Crippen LogP contribution in [0.5, 0.6) is 0 Å². The molecule has 2 aliphatic rings. The molecule has 1 unspecified atom stereocenters. The van der Waals surface area contributed by atoms with Gasteiger partial charge in [-0.15, -0.1) is 0 Å². The molecule has 0 N–H and O–H groups in total. The highest BCUT2D eigenvalue weighted by atomic mass is 28.3. The Hall–Kier alpha value is -2.82. The summed E-state index contributed by atoms with van der Waals surface area (Å²) in [6, 6.07) is 19.2. The van der Waals surface area contributed by atoms with Gasteiger partial charge in [-0.2, -0.15) is 0 Å². The molecule has 0 bridgehead atoms. The van der Waals surface area contributed by atoms with Gasteiger partial charge in [-0.05, 0) is 33.7 Å². The maximum atomic E-state index is 12.2. The molecule has 0 aliphatic carbocycles. The quantitative estimate of drug-likeness (QED) is 0.220. The Morgan fingerprint density at radius 3 is 2.05 bits per heavy atom. The van der Waals surface area contributed by atoms with Crippen molar-refractivity contribution in [2.75, 3.05) is 13.2 Å². The molecular weight excluding hydrogens is 516 g/mol. The fraction of sp³-hybridized carbons (Fsp3) is 0.467. The van der Waals surface area contributed by atoms with Gasteiger partial charge in [-0.1, -0.05) is 68.2 Å². The summed E-state index contributed by atoms with van der Waals surface area (Å²) in [5.41, 5.74) is 0.890. The standard InChI is InChI=1S/C30H36O8Si/c1-18(31)35-27-26-24(37-30(28(27)36-19(2)32)33-14-15-39(3,4)5)17-34-29(38-26)25-22-12-8-6-10-20(22)16-21-11-7-9-13-23(21)25/h6-13,16,24,26-30H,14-15,17H2,1-5H3/t24-,26-,27+,28-,29?,30-/m1/s1. The van der Waals surface area contributed by atoms with Gasteiger partial charge in [0.05, 0.1) is 6.61 Å². The SMILES string of the molecule is CC(=O)O[C@@H]1[C@@H](OC(C)=O)[C@H](OCC[Si](C)(C)C)O[C@@H]2COC(c3c4ccccc4cc4ccccc34)O[C@@H]12. The zero-order valence-electron chi connectivity index (χ0n) is 23.0. The van der Waals surface area contributed by atoms with E-state index in [1.54, 1.807) is 0 Å². The minimum atomic E-state index is -1.39. The summed E-state index contributed by atoms with van der Waals surface area (Å²) in [7, 11) is -1.39. The molecule has 5 rings (SSSR count). The van der Waals surface area contributed by atoms with Crippen molar-refractivity contribution in [2.45, 2.75) is 76.5 Å². The molecule has 0 saturated carbocycles. The highest BCUT2D eigenvalue weighted by Crippen LogP contribution is 2.41. The minimum Gasteiger partial charge on any atom is -0.455 e. The van der Waals surface area contributed by atoms with Crippen LogP contribution in [0.3, 0.4) is 0 Å². The average molecular weight is 553 g/mol. The molecule has 2 heterocycles. The molecule has 208 valence electrons. The van der Waals surface area contributed by atoms with Crippen LogP contribution in [0.25, 0.3) is 21.5 Å². The number of fused-ring (bicyclic) bond motifs is 3. The number of benzene rings is 3. The predicted molar refractivity (Wildman–Crippen MR) is 149 cm³/mol. The molecule has 39 heavy (non-hydrogen) atoms. The summed E-state index contributed by atoms with van der Waals surface area (Å²) in [6.45, 7) is 10.0. The third-order valence-electron chi connectivity index (χ3n) is 7.07. The summed E-state index contributed by atoms with van der Waals surface area (Å²) in [5, 5.41) is 4.13. The lowest BCUT2D eigenvalue weighted by molar-refractivity contribution is -0.361. The molecule has 3 aromatic carbocycles. The Bertz CT molecular complexity index is 1300. The lowest BCUT2D eigenvalue weighted by Gasteiger charge is -2.48. The van der Waals surface area contributed by atoms with E-state index in [0.29, 0.717) is 6.61 Å². The van der Waals surface area contributed by atoms with E-state index in [1.165, 1.54) is 13.8 Å². The third-order valence-corrected chi connectivity index (χ3v) is 8.77. The number of hydrogen-bond acceptors (Lipinski definition) is 8. The molecule has 0 spiro atoms. The van der Waals surface area contributed by atoms with Crippen molar-refractivity contribution < 1.29 is 38.0 Å². The molecule has 2 aliphatic heterocycles. The molecule has 0 aromatic heterocycles. The van der Waals surface area contributed by atoms with E-state index >= 15 is 0 Å². The van der Waals surface area contributed by atoms with Crippen LogP contribution in [-0.2, 0) is 38.0 Å². The van der Waals surface area contributed by atoms with Gasteiger partial charge in [0.1, 0.15) is 12.2 Å². The molecule has 0 radical (unpaired) electrons. The van der Waals surface area contributed by atoms with Crippen LogP contribution in [-0.4, -0.2) is 63.9 Å². The van der Waals surface area contributed by atoms with Gasteiger partial charge in [-0.3, -0.25) is 9.59 Å². The molecule has 6 atom stereocenters. The van der Waals surface area contributed by atoms with Gasteiger partial charge in [-0.25, -0.2) is 0 Å². The minimum absolute atomic E-state index is 0.186. The summed E-state index contributed by atoms with van der Waals surface area (Å²) in [4.78, 5) is 24.4. The number of carbonyl (C=O) groups excluding carboxylic acids is 2. The summed E-state index contributed by atoms with van der Waals surface area (Å²) in [6.07, 6.45) is -4.93. The molecule has 3 aromatic rings. The normalized spacial score (nSPS) is 27.2. The Morgan fingerprint density at radius 1 is 0.872 bits per heavy atom. The fourth-order valence-corrected chi connectivity index (χ4v) is 5.98. The number of rotatable bonds is 7. The van der Waals surface area contributed by atoms with E-state index < -0.39 is 57.0 Å². The van der Waals surface area contributed by atoms with Crippen LogP contribution in [0.2, 0.25) is 25.7 Å². The highest BCUT2D eigenvalue weighted by Gasteiger charge is 2.54. The first-order valence-corrected chi connectivity index (χ1v) is 17.1. The average Bonchev–Trinajstić information content (AvgIpc) is 2.87. The van der Waals surface area contributed by atoms with E-state index in [1.807, 2.05) is 36.4 Å². The Balaban J connectivity index is 1.49. The van der Waals surface area contributed by atoms with Crippen molar-refractivity contribution in [1.29, 1.82) is 0 Å². The van der Waals surface area contributed by atoms with Crippen molar-refractivity contribution in [1.82, 2.24) is 0 Å². The second kappa shape index (κ2) is 11.3. The van der Waals surface area contributed by atoms with Gasteiger partial charge in [0.15, 0.2) is 24.8 Å². The monoisotopic (exact) mass is 552 g/mol. The van der Waals surface area contributed by atoms with Crippen molar-refractivity contribution in [3.05, 3.63) is 60.2 Å². The summed E-state index contributed by atoms with van der Waals surface area (Å²) in [5.74, 6) is -1.04. The van der Waals surface area contributed by atoms with Gasteiger partial charge in [0.2, 0.25) is 0 Å². The van der Waals surface area contributed by atoms with E-state index in [9.17, 15) is 9.59 Å². The van der Waals surface area contributed by atoms with Gasteiger partial charge in [0, 0.05) is 34.1 Å². The van der Waals surface area contributed by atoms with Crippen molar-refractivity contribution in [3.63, 3.8) is 0 Å². The zero-order chi connectivity index (χ0) is 27.7. The Morgan fingerprint density at radius 2 is 1.46 bits per heavy atom. The first kappa shape index (κ1) is 27.7. The third kappa shape index (κ3) is 6.18. The molecule has 2 saturated heterocycles. The van der Waals surface area contributed by atoms with Crippen LogP contribution in [0.1, 0.15) is 25.7 Å². The molecular formula is C30H36O8Si. The first-order chi connectivity index (χ1) is 18.6. The number of ether oxygens (including phenoxy) is 6. The number of esters is 2. The van der Waals surface area contributed by atoms with E-state index in [2.05, 4.69) is 37.8 Å². The van der Waals surface area contributed by atoms with Crippen LogP contribution in [0.15, 0.2) is 54.6 Å². The smallest absolute Gasteiger partial charge is 0.303 e. The van der Waals surface area contributed by atoms with Crippen LogP contribution >= 0.6 is 0 Å². The predicted octanol–water partition coefficient (Wildman–Crippen LogP) is 5.35. The van der Waals surface area contributed by atoms with Gasteiger partial charge >= 0.3 is 11.9 Å². The van der Waals surface area contributed by atoms with Crippen molar-refractivity contribution in [2.24, 2.45) is 0 Å². The second-order valence-corrected chi connectivity index (χ2v) is 17.0. The van der Waals surface area contributed by atoms with Gasteiger partial charge < -0.3 is 28.4 Å². The Labute approximate surface area is 229 Å². The van der Waals surface area contributed by atoms with Crippen molar-refractivity contribution >= 4 is 41.6 Å². The summed E-state index contributed by atoms with van der Waals surface area (Å²) < 4.78 is 36.6. The van der Waals surface area contributed by atoms with E-state index in [-0.39, 0.29) is 6.61 Å². The largest absolute Gasteiger partial charge is 0.455 e. The van der Waals surface area contributed by atoms with Crippen LogP contribution in [0.4, 0.5) is 0 Å². The first-order valence-electron chi connectivity index (χ1n) is 13.4. The second-order valence-electron chi connectivity index (χ2n) is 11.4. The maximum absolute atomic E-state index is 12.2. The molecule has 2 fully saturated rings. The van der Waals surface area contributed by atoms with E-state index in [4.69, 9.17) is 28.4 Å². The number of carbonyl (C=O) groups is 2.